The summed E-state index contributed by atoms with van der Waals surface area (Å²) in [6.07, 6.45) is -5.79. The molecule has 1 aromatic rings. The summed E-state index contributed by atoms with van der Waals surface area (Å²) >= 11 is 0. The predicted molar refractivity (Wildman–Crippen MR) is 208 cm³/mol. The van der Waals surface area contributed by atoms with Crippen molar-refractivity contribution in [2.75, 3.05) is 13.2 Å². The third kappa shape index (κ3) is 17.0. The van der Waals surface area contributed by atoms with Crippen molar-refractivity contribution in [2.45, 2.75) is 107 Å². The van der Waals surface area contributed by atoms with Crippen LogP contribution in [0.25, 0.3) is 0 Å². The number of aliphatic hydroxyl groups is 3. The fourth-order valence-electron chi connectivity index (χ4n) is 5.76. The highest BCUT2D eigenvalue weighted by atomic mass is 16.4. The zero-order chi connectivity index (χ0) is 46.8. The van der Waals surface area contributed by atoms with Gasteiger partial charge in [-0.2, -0.15) is 0 Å². The first-order valence-corrected chi connectivity index (χ1v) is 18.9. The van der Waals surface area contributed by atoms with Crippen molar-refractivity contribution < 1.29 is 78.3 Å². The van der Waals surface area contributed by atoms with Gasteiger partial charge in [-0.1, -0.05) is 12.1 Å². The summed E-state index contributed by atoms with van der Waals surface area (Å²) in [4.78, 5) is 143. The average Bonchev–Trinajstić information content (AvgIpc) is 3.17. The maximum atomic E-state index is 13.8. The van der Waals surface area contributed by atoms with Gasteiger partial charge >= 0.3 is 5.97 Å². The number of nitrogens with two attached hydrogens (primary N) is 2. The van der Waals surface area contributed by atoms with Gasteiger partial charge < -0.3 is 79.5 Å². The number of carbonyl (C=O) groups excluding carboxylic acids is 10. The summed E-state index contributed by atoms with van der Waals surface area (Å²) in [6.45, 7) is 0.0733. The molecular weight excluding hydrogens is 828 g/mol. The quantitative estimate of drug-likeness (QED) is 0.0927. The molecule has 0 spiro atoms. The Balaban J connectivity index is 2.68. The molecule has 62 heavy (non-hydrogen) atoms. The minimum absolute atomic E-state index is 0.170. The van der Waals surface area contributed by atoms with Crippen molar-refractivity contribution in [2.24, 2.45) is 11.5 Å². The number of primary amides is 2. The molecule has 9 unspecified atom stereocenters. The van der Waals surface area contributed by atoms with Crippen LogP contribution in [0.15, 0.2) is 24.3 Å². The number of nitrogens with one attached hydrogen (secondary N) is 8. The third-order valence-corrected chi connectivity index (χ3v) is 8.96. The number of carbonyl (C=O) groups is 11. The van der Waals surface area contributed by atoms with Crippen LogP contribution in [0.5, 0.6) is 5.75 Å². The Labute approximate surface area is 352 Å². The normalized spacial score (nSPS) is 26.0. The summed E-state index contributed by atoms with van der Waals surface area (Å²) in [5, 5.41) is 66.9. The van der Waals surface area contributed by atoms with Crippen molar-refractivity contribution in [3.63, 3.8) is 0 Å². The number of benzene rings is 1. The zero-order valence-electron chi connectivity index (χ0n) is 33.5. The van der Waals surface area contributed by atoms with Crippen molar-refractivity contribution >= 4 is 65.0 Å². The van der Waals surface area contributed by atoms with Gasteiger partial charge in [0.25, 0.3) is 0 Å². The van der Waals surface area contributed by atoms with Gasteiger partial charge in [0.1, 0.15) is 48.0 Å². The molecule has 1 saturated heterocycles. The Morgan fingerprint density at radius 2 is 1.05 bits per heavy atom. The summed E-state index contributed by atoms with van der Waals surface area (Å²) in [5.74, 6) is -13.4. The topological polar surface area (TPSA) is 437 Å². The average molecular weight is 881 g/mol. The number of phenolic OH excluding ortho intramolecular Hbond substituents is 1. The number of hydrogen-bond acceptors (Lipinski definition) is 15. The van der Waals surface area contributed by atoms with Crippen LogP contribution < -0.4 is 54.0 Å². The molecule has 1 heterocycles. The Hall–Kier alpha value is -6.93. The number of aromatic hydroxyl groups is 1. The largest absolute Gasteiger partial charge is 0.508 e. The van der Waals surface area contributed by atoms with E-state index in [1.165, 1.54) is 31.2 Å². The first kappa shape index (κ1) is 51.2. The van der Waals surface area contributed by atoms with Crippen LogP contribution in [0.1, 0.15) is 51.5 Å². The van der Waals surface area contributed by atoms with Crippen LogP contribution in [-0.2, 0) is 59.2 Å². The Morgan fingerprint density at radius 1 is 0.629 bits per heavy atom. The molecule has 1 aliphatic heterocycles. The minimum Gasteiger partial charge on any atom is -0.508 e. The van der Waals surface area contributed by atoms with Crippen molar-refractivity contribution in [3.05, 3.63) is 29.8 Å². The molecule has 0 saturated carbocycles. The Bertz CT molecular complexity index is 1840. The van der Waals surface area contributed by atoms with E-state index in [1.807, 2.05) is 0 Å². The van der Waals surface area contributed by atoms with E-state index >= 15 is 0 Å². The Morgan fingerprint density at radius 3 is 1.53 bits per heavy atom. The lowest BCUT2D eigenvalue weighted by molar-refractivity contribution is -0.139. The zero-order valence-corrected chi connectivity index (χ0v) is 33.5. The second-order valence-electron chi connectivity index (χ2n) is 14.3. The van der Waals surface area contributed by atoms with E-state index in [-0.39, 0.29) is 12.2 Å². The fourth-order valence-corrected chi connectivity index (χ4v) is 5.76. The molecule has 0 aromatic heterocycles. The van der Waals surface area contributed by atoms with E-state index < -0.39 is 165 Å². The van der Waals surface area contributed by atoms with Crippen LogP contribution in [-0.4, -0.2) is 158 Å². The van der Waals surface area contributed by atoms with Gasteiger partial charge in [0.05, 0.1) is 32.2 Å². The van der Waals surface area contributed by atoms with Gasteiger partial charge in [0.2, 0.25) is 59.1 Å². The Kier molecular flexibility index (Phi) is 20.1. The maximum Gasteiger partial charge on any atom is 0.303 e. The number of carboxylic acid groups (broad SMARTS) is 1. The molecule has 1 fully saturated rings. The van der Waals surface area contributed by atoms with E-state index in [4.69, 9.17) is 11.5 Å². The monoisotopic (exact) mass is 880 g/mol. The second kappa shape index (κ2) is 24.4. The molecular formula is C36H52N10O16. The molecule has 26 nitrogen and oxygen atoms in total. The van der Waals surface area contributed by atoms with E-state index in [9.17, 15) is 78.3 Å². The van der Waals surface area contributed by atoms with Crippen molar-refractivity contribution in [1.82, 2.24) is 42.5 Å². The van der Waals surface area contributed by atoms with Gasteiger partial charge in [-0.3, -0.25) is 52.7 Å². The highest BCUT2D eigenvalue weighted by molar-refractivity contribution is 5.99. The number of hydrogen-bond donors (Lipinski definition) is 15. The molecule has 0 bridgehead atoms. The predicted octanol–water partition coefficient (Wildman–Crippen LogP) is -7.78. The summed E-state index contributed by atoms with van der Waals surface area (Å²) in [6, 6.07) is -8.73. The van der Waals surface area contributed by atoms with Crippen LogP contribution in [0.2, 0.25) is 0 Å². The molecule has 9 atom stereocenters. The number of rotatable bonds is 12. The smallest absolute Gasteiger partial charge is 0.303 e. The number of phenols is 1. The lowest BCUT2D eigenvalue weighted by atomic mass is 10.0. The summed E-state index contributed by atoms with van der Waals surface area (Å²) < 4.78 is 0. The van der Waals surface area contributed by atoms with E-state index in [0.29, 0.717) is 5.56 Å². The van der Waals surface area contributed by atoms with Crippen LogP contribution in [0, 0.1) is 0 Å². The molecule has 0 aliphatic carbocycles. The molecule has 342 valence electrons. The van der Waals surface area contributed by atoms with E-state index in [0.717, 1.165) is 6.92 Å². The maximum absolute atomic E-state index is 13.8. The van der Waals surface area contributed by atoms with Gasteiger partial charge in [-0.25, -0.2) is 0 Å². The first-order chi connectivity index (χ1) is 29.0. The van der Waals surface area contributed by atoms with Gasteiger partial charge in [0.15, 0.2) is 0 Å². The van der Waals surface area contributed by atoms with Crippen LogP contribution >= 0.6 is 0 Å². The number of carboxylic acids is 1. The minimum atomic E-state index is -1.97. The van der Waals surface area contributed by atoms with E-state index in [1.54, 1.807) is 0 Å². The fraction of sp³-hybridized carbons (Fsp3) is 0.528. The first-order valence-electron chi connectivity index (χ1n) is 18.9. The number of aliphatic carboxylic acids is 1. The lowest BCUT2D eigenvalue weighted by Gasteiger charge is -2.27. The van der Waals surface area contributed by atoms with Crippen molar-refractivity contribution in [3.8, 4) is 5.75 Å². The van der Waals surface area contributed by atoms with Crippen LogP contribution in [0.4, 0.5) is 0 Å². The molecule has 0 radical (unpaired) electrons. The lowest BCUT2D eigenvalue weighted by Crippen LogP contribution is -2.62. The molecule has 2 rings (SSSR count). The van der Waals surface area contributed by atoms with E-state index in [2.05, 4.69) is 42.5 Å². The summed E-state index contributed by atoms with van der Waals surface area (Å²) in [5.41, 5.74) is 11.0. The highest BCUT2D eigenvalue weighted by Crippen LogP contribution is 2.13. The van der Waals surface area contributed by atoms with Crippen LogP contribution in [0.3, 0.4) is 0 Å². The standard InChI is InChI=1S/C36H52N10O16/c1-15-9-27(53)40-21(11-25(37)51)32(58)42-20(10-17-3-5-18(50)6-4-17)31(57)43-22(12-26(38)52)33(59)45-23(13-47)34(60)41-19(7-8-28(54)55)30(56)44-24(14-48)35(61)46-29(16(2)49)36(62)39-15/h3-6,15-16,19-24,29,47-50H,7-14H2,1-2H3,(H2,37,51)(H2,38,52)(H,39,62)(H,40,53)(H,41,60)(H,42,58)(H,43,57)(H,44,56)(H,45,59)(H,46,61)(H,54,55). The molecule has 26 heteroatoms. The molecule has 1 aromatic carbocycles. The SMILES string of the molecule is CC1CC(=O)NC(CC(N)=O)C(=O)NC(Cc2ccc(O)cc2)C(=O)NC(CC(N)=O)C(=O)NC(CO)C(=O)NC(CCC(=O)O)C(=O)NC(CO)C(=O)NC(C(C)O)C(=O)N1. The number of aliphatic hydroxyl groups excluding tert-OH is 3. The third-order valence-electron chi connectivity index (χ3n) is 8.96. The highest BCUT2D eigenvalue weighted by Gasteiger charge is 2.36. The molecule has 1 aliphatic rings. The van der Waals surface area contributed by atoms with Gasteiger partial charge in [0, 0.05) is 25.3 Å². The number of amides is 10. The van der Waals surface area contributed by atoms with Gasteiger partial charge in [-0.05, 0) is 38.0 Å². The second-order valence-corrected chi connectivity index (χ2v) is 14.3. The summed E-state index contributed by atoms with van der Waals surface area (Å²) in [7, 11) is 0. The molecule has 17 N–H and O–H groups in total. The molecule has 10 amide bonds. The van der Waals surface area contributed by atoms with Gasteiger partial charge in [-0.15, -0.1) is 0 Å². The van der Waals surface area contributed by atoms with Crippen molar-refractivity contribution in [1.29, 1.82) is 0 Å².